The van der Waals surface area contributed by atoms with E-state index in [9.17, 15) is 22.4 Å². The van der Waals surface area contributed by atoms with E-state index in [1.165, 1.54) is 7.05 Å². The Bertz CT molecular complexity index is 677. The van der Waals surface area contributed by atoms with Gasteiger partial charge in [0.15, 0.2) is 5.82 Å². The number of nitrogens with one attached hydrogen (secondary N) is 2. The molecule has 0 fully saturated rings. The molecule has 0 saturated heterocycles. The van der Waals surface area contributed by atoms with E-state index in [0.717, 1.165) is 12.1 Å². The third-order valence-corrected chi connectivity index (χ3v) is 4.37. The summed E-state index contributed by atoms with van der Waals surface area (Å²) in [6, 6.07) is 1.91. The van der Waals surface area contributed by atoms with Crippen molar-refractivity contribution in [2.45, 2.75) is 11.3 Å². The Labute approximate surface area is 128 Å². The molecule has 0 aromatic heterocycles. The highest BCUT2D eigenvalue weighted by atomic mass is 79.9. The first-order valence-corrected chi connectivity index (χ1v) is 7.89. The van der Waals surface area contributed by atoms with Gasteiger partial charge in [0, 0.05) is 24.5 Å². The molecule has 0 aliphatic heterocycles. The lowest BCUT2D eigenvalue weighted by Gasteiger charge is -2.09. The Kier molecular flexibility index (Phi) is 5.81. The fourth-order valence-electron chi connectivity index (χ4n) is 1.42. The van der Waals surface area contributed by atoms with Crippen LogP contribution in [0.3, 0.4) is 0 Å². The largest absolute Gasteiger partial charge is 0.478 e. The van der Waals surface area contributed by atoms with Crippen LogP contribution in [-0.4, -0.2) is 39.0 Å². The Hall–Kier alpha value is -1.52. The maximum atomic E-state index is 14.0. The summed E-state index contributed by atoms with van der Waals surface area (Å²) in [6.45, 7) is -0.240. The van der Waals surface area contributed by atoms with Crippen LogP contribution in [0, 0.1) is 5.82 Å². The zero-order chi connectivity index (χ0) is 16.2. The second-order valence-electron chi connectivity index (χ2n) is 3.89. The van der Waals surface area contributed by atoms with Crippen LogP contribution in [0.2, 0.25) is 0 Å². The smallest absolute Gasteiger partial charge is 0.338 e. The van der Waals surface area contributed by atoms with Gasteiger partial charge in [-0.3, -0.25) is 4.79 Å². The Morgan fingerprint density at radius 3 is 2.52 bits per heavy atom. The predicted octanol–water partition coefficient (Wildman–Crippen LogP) is 0.701. The van der Waals surface area contributed by atoms with E-state index in [2.05, 4.69) is 21.2 Å². The highest BCUT2D eigenvalue weighted by Crippen LogP contribution is 2.24. The zero-order valence-electron chi connectivity index (χ0n) is 10.8. The molecule has 0 radical (unpaired) electrons. The molecule has 3 N–H and O–H groups in total. The minimum atomic E-state index is -4.27. The minimum Gasteiger partial charge on any atom is -0.478 e. The van der Waals surface area contributed by atoms with Gasteiger partial charge in [-0.05, 0) is 12.1 Å². The van der Waals surface area contributed by atoms with E-state index in [1.807, 2.05) is 4.72 Å². The van der Waals surface area contributed by atoms with Crippen molar-refractivity contribution in [3.8, 4) is 0 Å². The highest BCUT2D eigenvalue weighted by molar-refractivity contribution is 9.10. The molecule has 0 saturated carbocycles. The zero-order valence-corrected chi connectivity index (χ0v) is 13.2. The number of carbonyl (C=O) groups excluding carboxylic acids is 1. The molecule has 0 spiro atoms. The van der Waals surface area contributed by atoms with Crippen LogP contribution in [-0.2, 0) is 14.8 Å². The molecule has 0 heterocycles. The number of halogens is 2. The first kappa shape index (κ1) is 17.5. The van der Waals surface area contributed by atoms with Crippen molar-refractivity contribution in [3.63, 3.8) is 0 Å². The van der Waals surface area contributed by atoms with Crippen LogP contribution in [0.5, 0.6) is 0 Å². The van der Waals surface area contributed by atoms with Crippen LogP contribution < -0.4 is 10.0 Å². The van der Waals surface area contributed by atoms with Crippen molar-refractivity contribution in [1.82, 2.24) is 10.0 Å². The van der Waals surface area contributed by atoms with Crippen molar-refractivity contribution < 1.29 is 27.5 Å². The Morgan fingerprint density at radius 2 is 2.00 bits per heavy atom. The number of hydrogen-bond acceptors (Lipinski definition) is 4. The third-order valence-electron chi connectivity index (χ3n) is 2.45. The quantitative estimate of drug-likeness (QED) is 0.670. The molecule has 7 nitrogen and oxygen atoms in total. The van der Waals surface area contributed by atoms with Crippen molar-refractivity contribution in [2.75, 3.05) is 13.6 Å². The van der Waals surface area contributed by atoms with Gasteiger partial charge in [-0.1, -0.05) is 15.9 Å². The molecule has 0 aliphatic carbocycles. The minimum absolute atomic E-state index is 0.105. The van der Waals surface area contributed by atoms with Gasteiger partial charge in [0.2, 0.25) is 15.9 Å². The molecule has 0 bridgehead atoms. The van der Waals surface area contributed by atoms with E-state index in [4.69, 9.17) is 5.11 Å². The molecule has 0 unspecified atom stereocenters. The third kappa shape index (κ3) is 4.48. The van der Waals surface area contributed by atoms with E-state index in [0.29, 0.717) is 0 Å². The number of carboxylic acid groups (broad SMARTS) is 1. The molecule has 0 aliphatic rings. The lowest BCUT2D eigenvalue weighted by molar-refractivity contribution is -0.120. The average Bonchev–Trinajstić information content (AvgIpc) is 2.40. The Balaban J connectivity index is 3.08. The summed E-state index contributed by atoms with van der Waals surface area (Å²) in [6.07, 6.45) is -0.128. The van der Waals surface area contributed by atoms with Crippen molar-refractivity contribution >= 4 is 37.8 Å². The SMILES string of the molecule is CNC(=O)CCNS(=O)(=O)c1cc(Br)cc(C(=O)O)c1F. The summed E-state index contributed by atoms with van der Waals surface area (Å²) in [5, 5.41) is 11.1. The van der Waals surface area contributed by atoms with Crippen molar-refractivity contribution in [3.05, 3.63) is 28.0 Å². The van der Waals surface area contributed by atoms with Crippen LogP contribution in [0.4, 0.5) is 4.39 Å². The molecule has 0 atom stereocenters. The van der Waals surface area contributed by atoms with Crippen LogP contribution in [0.15, 0.2) is 21.5 Å². The summed E-state index contributed by atoms with van der Waals surface area (Å²) in [5.41, 5.74) is -0.768. The fourth-order valence-corrected chi connectivity index (χ4v) is 3.18. The second-order valence-corrected chi connectivity index (χ2v) is 6.54. The van der Waals surface area contributed by atoms with E-state index in [1.54, 1.807) is 0 Å². The molecular weight excluding hydrogens is 371 g/mol. The number of rotatable bonds is 6. The topological polar surface area (TPSA) is 113 Å². The standard InChI is InChI=1S/C11H12BrFN2O5S/c1-14-9(16)2-3-15-21(19,20)8-5-6(12)4-7(10(8)13)11(17)18/h4-5,15H,2-3H2,1H3,(H,14,16)(H,17,18). The first-order chi connectivity index (χ1) is 9.69. The van der Waals surface area contributed by atoms with Crippen molar-refractivity contribution in [2.24, 2.45) is 0 Å². The second kappa shape index (κ2) is 6.96. The van der Waals surface area contributed by atoms with Crippen LogP contribution >= 0.6 is 15.9 Å². The number of amides is 1. The highest BCUT2D eigenvalue weighted by Gasteiger charge is 2.24. The van der Waals surface area contributed by atoms with Gasteiger partial charge >= 0.3 is 5.97 Å². The van der Waals surface area contributed by atoms with Gasteiger partial charge in [-0.2, -0.15) is 0 Å². The molecule has 21 heavy (non-hydrogen) atoms. The van der Waals surface area contributed by atoms with E-state index in [-0.39, 0.29) is 17.4 Å². The van der Waals surface area contributed by atoms with E-state index >= 15 is 0 Å². The summed E-state index contributed by atoms with van der Waals surface area (Å²) in [4.78, 5) is 21.1. The summed E-state index contributed by atoms with van der Waals surface area (Å²) >= 11 is 2.92. The van der Waals surface area contributed by atoms with Gasteiger partial charge in [0.25, 0.3) is 0 Å². The first-order valence-electron chi connectivity index (χ1n) is 5.61. The van der Waals surface area contributed by atoms with Gasteiger partial charge in [-0.15, -0.1) is 0 Å². The van der Waals surface area contributed by atoms with Gasteiger partial charge < -0.3 is 10.4 Å². The lowest BCUT2D eigenvalue weighted by Crippen LogP contribution is -2.30. The lowest BCUT2D eigenvalue weighted by atomic mass is 10.2. The summed E-state index contributed by atoms with van der Waals surface area (Å²) < 4.78 is 40.0. The van der Waals surface area contributed by atoms with E-state index < -0.39 is 38.2 Å². The number of carbonyl (C=O) groups is 2. The molecule has 1 aromatic rings. The summed E-state index contributed by atoms with van der Waals surface area (Å²) in [7, 11) is -2.88. The molecule has 10 heteroatoms. The normalized spacial score (nSPS) is 11.2. The monoisotopic (exact) mass is 382 g/mol. The number of sulfonamides is 1. The number of benzene rings is 1. The average molecular weight is 383 g/mol. The number of aromatic carboxylic acids is 1. The molecule has 1 aromatic carbocycles. The van der Waals surface area contributed by atoms with Crippen molar-refractivity contribution in [1.29, 1.82) is 0 Å². The van der Waals surface area contributed by atoms with Gasteiger partial charge in [-0.25, -0.2) is 22.3 Å². The van der Waals surface area contributed by atoms with Crippen LogP contribution in [0.1, 0.15) is 16.8 Å². The maximum absolute atomic E-state index is 14.0. The number of carboxylic acids is 1. The Morgan fingerprint density at radius 1 is 1.38 bits per heavy atom. The van der Waals surface area contributed by atoms with Crippen LogP contribution in [0.25, 0.3) is 0 Å². The van der Waals surface area contributed by atoms with Gasteiger partial charge in [0.05, 0.1) is 5.56 Å². The number of hydrogen-bond donors (Lipinski definition) is 3. The fraction of sp³-hybridized carbons (Fsp3) is 0.273. The molecule has 1 amide bonds. The predicted molar refractivity (Wildman–Crippen MR) is 74.9 cm³/mol. The maximum Gasteiger partial charge on any atom is 0.338 e. The van der Waals surface area contributed by atoms with Gasteiger partial charge in [0.1, 0.15) is 4.90 Å². The summed E-state index contributed by atoms with van der Waals surface area (Å²) in [5.74, 6) is -3.34. The molecule has 116 valence electrons. The molecule has 1 rings (SSSR count). The molecular formula is C11H12BrFN2O5S.